The monoisotopic (exact) mass is 920 g/mol. The minimum absolute atomic E-state index is 0.0311. The molecule has 0 aliphatic carbocycles. The number of aliphatic hydroxyl groups is 1. The van der Waals surface area contributed by atoms with Gasteiger partial charge < -0.3 is 35.6 Å². The van der Waals surface area contributed by atoms with Crippen LogP contribution in [0.5, 0.6) is 11.5 Å². The quantitative estimate of drug-likeness (QED) is 0.105. The normalized spacial score (nSPS) is 16.0. The van der Waals surface area contributed by atoms with Gasteiger partial charge in [0.1, 0.15) is 11.5 Å². The molecule has 1 amide bonds. The van der Waals surface area contributed by atoms with Crippen LogP contribution in [-0.4, -0.2) is 86.2 Å². The topological polar surface area (TPSA) is 196 Å². The highest BCUT2D eigenvalue weighted by molar-refractivity contribution is 7.89. The number of aromatic carboxylic acids is 1. The second kappa shape index (κ2) is 24.5. The number of benzene rings is 5. The van der Waals surface area contributed by atoms with Crippen LogP contribution in [0.1, 0.15) is 98.0 Å². The van der Waals surface area contributed by atoms with Crippen molar-refractivity contribution in [1.82, 2.24) is 14.5 Å². The van der Waals surface area contributed by atoms with Gasteiger partial charge in [0, 0.05) is 43.3 Å². The number of carboxylic acid groups (broad SMARTS) is 1. The fourth-order valence-electron chi connectivity index (χ4n) is 8.15. The minimum atomic E-state index is -3.54. The van der Waals surface area contributed by atoms with Gasteiger partial charge in [-0.1, -0.05) is 67.1 Å². The average molecular weight is 921 g/mol. The number of fused-ring (bicyclic) bond motifs is 1. The predicted octanol–water partition coefficient (Wildman–Crippen LogP) is 8.81. The second-order valence-electron chi connectivity index (χ2n) is 16.5. The van der Waals surface area contributed by atoms with Crippen molar-refractivity contribution >= 4 is 27.6 Å². The maximum Gasteiger partial charge on any atom is 0.336 e. The Morgan fingerprint density at radius 1 is 0.727 bits per heavy atom. The standard InChI is InChI=1S/C17H24N4O3S.C17H19NO2.C9H10O2.C8H11NO/c22-17-15-12-14(4-5-16(15)18-19-17)25(23,24)21-10-6-13(7-11-21)20-8-2-1-3-9-20;1-12-5-4-6-13(2)16(12)17(19)18-11-14-7-9-15(20-3)10-8-14;1-6-4-3-5-7(2)8(6)9(10)11;1-10-8-4-2-7(6-9)3-5-8/h4-5,12-13,17,22H,1-3,6-11H2;4-10H,11H2,1-3H3,(H,18,19);3-5H,1-2H3,(H,10,11);2-5H,6,9H2,1H3. The second-order valence-corrected chi connectivity index (χ2v) is 18.4. The number of nitrogens with one attached hydrogen (secondary N) is 1. The van der Waals surface area contributed by atoms with E-state index in [1.807, 2.05) is 86.6 Å². The average Bonchev–Trinajstić information content (AvgIpc) is 3.71. The fourth-order valence-corrected chi connectivity index (χ4v) is 9.66. The number of hydrogen-bond acceptors (Lipinski definition) is 11. The number of carboxylic acids is 1. The number of methoxy groups -OCH3 is 2. The largest absolute Gasteiger partial charge is 0.497 e. The van der Waals surface area contributed by atoms with Gasteiger partial charge in [0.2, 0.25) is 10.0 Å². The molecule has 0 bridgehead atoms. The highest BCUT2D eigenvalue weighted by atomic mass is 32.2. The summed E-state index contributed by atoms with van der Waals surface area (Å²) in [5.74, 6) is 0.809. The van der Waals surface area contributed by atoms with E-state index in [2.05, 4.69) is 20.4 Å². The van der Waals surface area contributed by atoms with Crippen molar-refractivity contribution in [1.29, 1.82) is 0 Å². The highest BCUT2D eigenvalue weighted by Crippen LogP contribution is 2.36. The lowest BCUT2D eigenvalue weighted by molar-refractivity contribution is 0.0695. The van der Waals surface area contributed by atoms with Crippen LogP contribution in [0.2, 0.25) is 0 Å². The molecule has 2 saturated heterocycles. The first kappa shape index (κ1) is 51.0. The summed E-state index contributed by atoms with van der Waals surface area (Å²) in [6.07, 6.45) is 4.54. The van der Waals surface area contributed by atoms with Crippen LogP contribution in [0.3, 0.4) is 0 Å². The molecular weight excluding hydrogens is 857 g/mol. The predicted molar refractivity (Wildman–Crippen MR) is 257 cm³/mol. The summed E-state index contributed by atoms with van der Waals surface area (Å²) in [5.41, 5.74) is 13.4. The summed E-state index contributed by atoms with van der Waals surface area (Å²) >= 11 is 0. The number of carbonyl (C=O) groups is 2. The number of aliphatic hydroxyl groups excluding tert-OH is 1. The van der Waals surface area contributed by atoms with Gasteiger partial charge in [-0.15, -0.1) is 0 Å². The van der Waals surface area contributed by atoms with Crippen LogP contribution < -0.4 is 20.5 Å². The minimum Gasteiger partial charge on any atom is -0.497 e. The molecular formula is C51H64N6O8S. The third-order valence-electron chi connectivity index (χ3n) is 11.9. The number of amides is 1. The van der Waals surface area contributed by atoms with Gasteiger partial charge in [-0.05, 0) is 142 Å². The lowest BCUT2D eigenvalue weighted by Crippen LogP contribution is -2.48. The van der Waals surface area contributed by atoms with Crippen molar-refractivity contribution in [2.24, 2.45) is 16.0 Å². The van der Waals surface area contributed by atoms with Gasteiger partial charge in [-0.25, -0.2) is 13.2 Å². The molecule has 1 atom stereocenters. The number of sulfonamides is 1. The molecule has 3 aliphatic rings. The Hall–Kier alpha value is -5.97. The van der Waals surface area contributed by atoms with Crippen LogP contribution >= 0.6 is 0 Å². The number of piperidine rings is 2. The molecule has 1 unspecified atom stereocenters. The molecule has 3 aliphatic heterocycles. The Labute approximate surface area is 389 Å². The third kappa shape index (κ3) is 13.8. The van der Waals surface area contributed by atoms with E-state index in [-0.39, 0.29) is 10.8 Å². The Bertz CT molecular complexity index is 2460. The van der Waals surface area contributed by atoms with Gasteiger partial charge in [0.05, 0.1) is 30.4 Å². The van der Waals surface area contributed by atoms with E-state index in [1.165, 1.54) is 25.3 Å². The highest BCUT2D eigenvalue weighted by Gasteiger charge is 2.33. The van der Waals surface area contributed by atoms with Gasteiger partial charge in [0.25, 0.3) is 5.91 Å². The lowest BCUT2D eigenvalue weighted by atomic mass is 10.0. The van der Waals surface area contributed by atoms with E-state index < -0.39 is 22.2 Å². The van der Waals surface area contributed by atoms with Gasteiger partial charge in [0.15, 0.2) is 6.23 Å². The van der Waals surface area contributed by atoms with Crippen molar-refractivity contribution in [2.45, 2.75) is 90.1 Å². The van der Waals surface area contributed by atoms with E-state index in [0.29, 0.717) is 49.0 Å². The number of rotatable bonds is 10. The smallest absolute Gasteiger partial charge is 0.336 e. The number of aryl methyl sites for hydroxylation is 4. The molecule has 2 fully saturated rings. The van der Waals surface area contributed by atoms with Gasteiger partial charge >= 0.3 is 5.97 Å². The number of carbonyl (C=O) groups excluding carboxylic acids is 1. The number of hydrogen-bond donors (Lipinski definition) is 4. The first-order chi connectivity index (χ1) is 31.7. The Balaban J connectivity index is 0.000000177. The summed E-state index contributed by atoms with van der Waals surface area (Å²) < 4.78 is 37.5. The molecule has 0 aromatic heterocycles. The van der Waals surface area contributed by atoms with Crippen LogP contribution in [0, 0.1) is 27.7 Å². The molecule has 0 saturated carbocycles. The maximum atomic E-state index is 12.9. The summed E-state index contributed by atoms with van der Waals surface area (Å²) in [5, 5.41) is 29.0. The molecule has 5 aromatic rings. The van der Waals surface area contributed by atoms with E-state index in [1.54, 1.807) is 56.6 Å². The van der Waals surface area contributed by atoms with E-state index >= 15 is 0 Å². The number of likely N-dealkylation sites (tertiary alicyclic amines) is 1. The van der Waals surface area contributed by atoms with Gasteiger partial charge in [-0.3, -0.25) is 4.79 Å². The molecule has 352 valence electrons. The summed E-state index contributed by atoms with van der Waals surface area (Å²) in [7, 11) is -0.254. The zero-order valence-corrected chi connectivity index (χ0v) is 39.7. The fraction of sp³-hybridized carbons (Fsp3) is 0.373. The number of ether oxygens (including phenoxy) is 2. The summed E-state index contributed by atoms with van der Waals surface area (Å²) in [4.78, 5) is 25.6. The van der Waals surface area contributed by atoms with E-state index in [9.17, 15) is 23.1 Å². The third-order valence-corrected chi connectivity index (χ3v) is 13.8. The molecule has 0 radical (unpaired) electrons. The number of azo groups is 1. The Morgan fingerprint density at radius 3 is 1.73 bits per heavy atom. The Morgan fingerprint density at radius 2 is 1.24 bits per heavy atom. The van der Waals surface area contributed by atoms with Crippen molar-refractivity contribution in [3.8, 4) is 11.5 Å². The molecule has 15 heteroatoms. The van der Waals surface area contributed by atoms with Crippen LogP contribution in [0.4, 0.5) is 5.69 Å². The Kier molecular flexibility index (Phi) is 19.0. The summed E-state index contributed by atoms with van der Waals surface area (Å²) in [6, 6.07) is 31.9. The summed E-state index contributed by atoms with van der Waals surface area (Å²) in [6.45, 7) is 12.0. The lowest BCUT2D eigenvalue weighted by Gasteiger charge is -2.39. The zero-order valence-electron chi connectivity index (χ0n) is 38.9. The van der Waals surface area contributed by atoms with E-state index in [0.717, 1.165) is 76.4 Å². The van der Waals surface area contributed by atoms with Crippen molar-refractivity contribution in [3.63, 3.8) is 0 Å². The number of nitrogens with two attached hydrogens (primary N) is 1. The molecule has 3 heterocycles. The van der Waals surface area contributed by atoms with Crippen LogP contribution in [0.25, 0.3) is 0 Å². The maximum absolute atomic E-state index is 12.9. The van der Waals surface area contributed by atoms with Crippen molar-refractivity contribution < 1.29 is 37.7 Å². The molecule has 5 aromatic carbocycles. The molecule has 0 spiro atoms. The molecule has 66 heavy (non-hydrogen) atoms. The first-order valence-corrected chi connectivity index (χ1v) is 23.7. The van der Waals surface area contributed by atoms with Crippen molar-refractivity contribution in [3.05, 3.63) is 153 Å². The first-order valence-electron chi connectivity index (χ1n) is 22.2. The molecule has 5 N–H and O–H groups in total. The van der Waals surface area contributed by atoms with Crippen molar-refractivity contribution in [2.75, 3.05) is 40.4 Å². The van der Waals surface area contributed by atoms with E-state index in [4.69, 9.17) is 20.3 Å². The number of nitrogens with zero attached hydrogens (tertiary/aromatic N) is 4. The van der Waals surface area contributed by atoms with Gasteiger partial charge in [-0.2, -0.15) is 14.5 Å². The van der Waals surface area contributed by atoms with Crippen LogP contribution in [-0.2, 0) is 23.1 Å². The molecule has 8 rings (SSSR count). The zero-order chi connectivity index (χ0) is 47.8. The SMILES string of the molecule is COc1ccc(CN)cc1.COc1ccc(CNC(=O)c2c(C)cccc2C)cc1.Cc1cccc(C)c1C(=O)O.O=S(=O)(c1ccc2c(c1)C(O)N=N2)N1CCC(N2CCCCC2)CC1. The molecule has 14 nitrogen and oxygen atoms in total. The van der Waals surface area contributed by atoms with Crippen LogP contribution in [0.15, 0.2) is 118 Å².